The summed E-state index contributed by atoms with van der Waals surface area (Å²) >= 11 is 12.3. The highest BCUT2D eigenvalue weighted by atomic mass is 35.5. The Kier molecular flexibility index (Phi) is 6.72. The van der Waals surface area contributed by atoms with Crippen LogP contribution in [-0.2, 0) is 25.5 Å². The Balaban J connectivity index is 1.78. The van der Waals surface area contributed by atoms with E-state index in [0.717, 1.165) is 0 Å². The van der Waals surface area contributed by atoms with Crippen LogP contribution in [0.4, 0.5) is 0 Å². The van der Waals surface area contributed by atoms with Gasteiger partial charge < -0.3 is 14.4 Å². The molecular weight excluding hydrogens is 389 g/mol. The molecule has 0 radical (unpaired) electrons. The first kappa shape index (κ1) is 19.7. The van der Waals surface area contributed by atoms with Crippen molar-refractivity contribution in [1.29, 1.82) is 0 Å². The van der Waals surface area contributed by atoms with Crippen LogP contribution in [0.25, 0.3) is 0 Å². The van der Waals surface area contributed by atoms with E-state index < -0.39 is 12.1 Å². The van der Waals surface area contributed by atoms with Crippen LogP contribution in [0.2, 0.25) is 10.0 Å². The van der Waals surface area contributed by atoms with E-state index in [0.29, 0.717) is 47.5 Å². The third-order valence-electron chi connectivity index (χ3n) is 4.28. The highest BCUT2D eigenvalue weighted by Gasteiger charge is 2.30. The second-order valence-corrected chi connectivity index (χ2v) is 6.91. The fourth-order valence-electron chi connectivity index (χ4n) is 2.86. The highest BCUT2D eigenvalue weighted by molar-refractivity contribution is 6.36. The lowest BCUT2D eigenvalue weighted by atomic mass is 10.1. The molecule has 142 valence electrons. The summed E-state index contributed by atoms with van der Waals surface area (Å²) in [7, 11) is 0. The lowest BCUT2D eigenvalue weighted by Gasteiger charge is -2.30. The second kappa shape index (κ2) is 9.22. The van der Waals surface area contributed by atoms with Gasteiger partial charge in [-0.1, -0.05) is 59.6 Å². The number of carbonyl (C=O) groups excluding carboxylic acids is 2. The number of rotatable bonds is 5. The van der Waals surface area contributed by atoms with Gasteiger partial charge in [0.05, 0.1) is 19.6 Å². The number of ether oxygens (including phenoxy) is 2. The maximum atomic E-state index is 13.0. The summed E-state index contributed by atoms with van der Waals surface area (Å²) in [4.78, 5) is 27.2. The molecule has 7 heteroatoms. The molecule has 1 saturated heterocycles. The lowest BCUT2D eigenvalue weighted by Crippen LogP contribution is -2.44. The van der Waals surface area contributed by atoms with E-state index in [1.54, 1.807) is 47.4 Å². The number of halogens is 2. The quantitative estimate of drug-likeness (QED) is 0.709. The van der Waals surface area contributed by atoms with Crippen LogP contribution in [0.5, 0.6) is 0 Å². The Labute approximate surface area is 167 Å². The van der Waals surface area contributed by atoms with E-state index in [2.05, 4.69) is 0 Å². The van der Waals surface area contributed by atoms with Crippen molar-refractivity contribution in [3.63, 3.8) is 0 Å². The van der Waals surface area contributed by atoms with Crippen LogP contribution in [-0.4, -0.2) is 43.1 Å². The molecule has 0 unspecified atom stereocenters. The Hall–Kier alpha value is -2.08. The van der Waals surface area contributed by atoms with Gasteiger partial charge in [0.25, 0.3) is 5.91 Å². The van der Waals surface area contributed by atoms with Crippen LogP contribution in [0, 0.1) is 0 Å². The molecule has 27 heavy (non-hydrogen) atoms. The zero-order valence-electron chi connectivity index (χ0n) is 14.6. The highest BCUT2D eigenvalue weighted by Crippen LogP contribution is 2.27. The molecule has 3 rings (SSSR count). The second-order valence-electron chi connectivity index (χ2n) is 6.10. The van der Waals surface area contributed by atoms with E-state index in [1.165, 1.54) is 0 Å². The number of nitrogens with zero attached hydrogens (tertiary/aromatic N) is 1. The van der Waals surface area contributed by atoms with Gasteiger partial charge in [-0.25, -0.2) is 0 Å². The van der Waals surface area contributed by atoms with Crippen molar-refractivity contribution in [2.24, 2.45) is 0 Å². The van der Waals surface area contributed by atoms with Gasteiger partial charge in [-0.3, -0.25) is 9.59 Å². The fraction of sp³-hybridized carbons (Fsp3) is 0.300. The molecule has 2 aromatic rings. The van der Waals surface area contributed by atoms with Gasteiger partial charge in [0, 0.05) is 34.3 Å². The zero-order valence-corrected chi connectivity index (χ0v) is 16.1. The van der Waals surface area contributed by atoms with E-state index in [1.807, 2.05) is 6.07 Å². The average molecular weight is 408 g/mol. The van der Waals surface area contributed by atoms with Crippen LogP contribution in [0.15, 0.2) is 48.5 Å². The monoisotopic (exact) mass is 407 g/mol. The molecule has 1 amide bonds. The van der Waals surface area contributed by atoms with Gasteiger partial charge in [0.15, 0.2) is 0 Å². The van der Waals surface area contributed by atoms with Gasteiger partial charge in [-0.2, -0.15) is 0 Å². The largest absolute Gasteiger partial charge is 0.447 e. The van der Waals surface area contributed by atoms with E-state index in [4.69, 9.17) is 32.7 Å². The molecule has 0 aliphatic carbocycles. The third-order valence-corrected chi connectivity index (χ3v) is 4.99. The van der Waals surface area contributed by atoms with Gasteiger partial charge in [0.1, 0.15) is 0 Å². The summed E-state index contributed by atoms with van der Waals surface area (Å²) < 4.78 is 10.9. The molecule has 5 nitrogen and oxygen atoms in total. The summed E-state index contributed by atoms with van der Waals surface area (Å²) in [6, 6.07) is 14.0. The topological polar surface area (TPSA) is 55.8 Å². The van der Waals surface area contributed by atoms with Crippen molar-refractivity contribution < 1.29 is 19.1 Å². The standard InChI is InChI=1S/C20H19Cl2NO4/c21-16-7-4-8-17(22)15(16)13-18(24)27-19(14-5-2-1-3-6-14)20(25)23-9-11-26-12-10-23/h1-8,19H,9-13H2/t19-/m0/s1. The van der Waals surface area contributed by atoms with Gasteiger partial charge in [-0.05, 0) is 12.1 Å². The summed E-state index contributed by atoms with van der Waals surface area (Å²) in [5.41, 5.74) is 1.10. The third kappa shape index (κ3) is 5.01. The number of hydrogen-bond acceptors (Lipinski definition) is 4. The molecule has 1 fully saturated rings. The number of carbonyl (C=O) groups is 2. The minimum atomic E-state index is -1.02. The molecule has 0 bridgehead atoms. The maximum Gasteiger partial charge on any atom is 0.311 e. The van der Waals surface area contributed by atoms with Crippen LogP contribution < -0.4 is 0 Å². The number of esters is 1. The van der Waals surface area contributed by atoms with Crippen molar-refractivity contribution in [2.75, 3.05) is 26.3 Å². The number of benzene rings is 2. The summed E-state index contributed by atoms with van der Waals surface area (Å²) in [6.45, 7) is 1.87. The predicted molar refractivity (Wildman–Crippen MR) is 103 cm³/mol. The number of morpholine rings is 1. The summed E-state index contributed by atoms with van der Waals surface area (Å²) in [5.74, 6) is -0.830. The van der Waals surface area contributed by atoms with Crippen LogP contribution >= 0.6 is 23.2 Å². The van der Waals surface area contributed by atoms with Crippen molar-refractivity contribution in [2.45, 2.75) is 12.5 Å². The molecule has 1 heterocycles. The first-order valence-corrected chi connectivity index (χ1v) is 9.35. The molecular formula is C20H19Cl2NO4. The number of hydrogen-bond donors (Lipinski definition) is 0. The first-order chi connectivity index (χ1) is 13.1. The lowest BCUT2D eigenvalue weighted by molar-refractivity contribution is -0.162. The fourth-order valence-corrected chi connectivity index (χ4v) is 3.39. The molecule has 2 aromatic carbocycles. The van der Waals surface area contributed by atoms with Gasteiger partial charge in [-0.15, -0.1) is 0 Å². The molecule has 0 N–H and O–H groups in total. The Morgan fingerprint density at radius 2 is 1.63 bits per heavy atom. The Morgan fingerprint density at radius 3 is 2.26 bits per heavy atom. The summed E-state index contributed by atoms with van der Waals surface area (Å²) in [6.07, 6.45) is -1.13. The van der Waals surface area contributed by atoms with Gasteiger partial charge >= 0.3 is 5.97 Å². The predicted octanol–water partition coefficient (Wildman–Crippen LogP) is 3.68. The molecule has 0 aromatic heterocycles. The van der Waals surface area contributed by atoms with E-state index >= 15 is 0 Å². The Bertz CT molecular complexity index is 787. The van der Waals surface area contributed by atoms with Gasteiger partial charge in [0.2, 0.25) is 6.10 Å². The number of amides is 1. The SMILES string of the molecule is O=C(Cc1c(Cl)cccc1Cl)O[C@H](C(=O)N1CCOCC1)c1ccccc1. The van der Waals surface area contributed by atoms with Crippen molar-refractivity contribution in [1.82, 2.24) is 4.90 Å². The molecule has 1 aliphatic rings. The molecule has 0 spiro atoms. The van der Waals surface area contributed by atoms with Crippen molar-refractivity contribution in [3.8, 4) is 0 Å². The van der Waals surface area contributed by atoms with Crippen molar-refractivity contribution >= 4 is 35.1 Å². The van der Waals surface area contributed by atoms with E-state index in [9.17, 15) is 9.59 Å². The Morgan fingerprint density at radius 1 is 1.00 bits per heavy atom. The smallest absolute Gasteiger partial charge is 0.311 e. The molecule has 1 aliphatic heterocycles. The zero-order chi connectivity index (χ0) is 19.2. The van der Waals surface area contributed by atoms with Crippen LogP contribution in [0.1, 0.15) is 17.2 Å². The maximum absolute atomic E-state index is 13.0. The normalized spacial score (nSPS) is 15.3. The summed E-state index contributed by atoms with van der Waals surface area (Å²) in [5, 5.41) is 0.769. The minimum Gasteiger partial charge on any atom is -0.447 e. The molecule has 1 atom stereocenters. The van der Waals surface area contributed by atoms with Crippen molar-refractivity contribution in [3.05, 3.63) is 69.7 Å². The average Bonchev–Trinajstić information content (AvgIpc) is 2.70. The molecule has 0 saturated carbocycles. The van der Waals surface area contributed by atoms with E-state index in [-0.39, 0.29) is 12.3 Å². The van der Waals surface area contributed by atoms with Crippen LogP contribution in [0.3, 0.4) is 0 Å². The minimum absolute atomic E-state index is 0.113. The first-order valence-electron chi connectivity index (χ1n) is 8.60.